The lowest BCUT2D eigenvalue weighted by Gasteiger charge is -2.18. The zero-order valence-electron chi connectivity index (χ0n) is 6.96. The number of allylic oxidation sites excluding steroid dienone is 2. The van der Waals surface area contributed by atoms with Gasteiger partial charge >= 0.3 is 0 Å². The Morgan fingerprint density at radius 2 is 2.09 bits per heavy atom. The van der Waals surface area contributed by atoms with Crippen LogP contribution in [-0.2, 0) is 4.79 Å². The van der Waals surface area contributed by atoms with E-state index in [9.17, 15) is 4.79 Å². The van der Waals surface area contributed by atoms with E-state index in [1.54, 1.807) is 0 Å². The second-order valence-electron chi connectivity index (χ2n) is 2.80. The minimum atomic E-state index is 0. The number of rotatable bonds is 1. The molecule has 0 aliphatic heterocycles. The van der Waals surface area contributed by atoms with Crippen molar-refractivity contribution in [2.24, 2.45) is 0 Å². The second kappa shape index (κ2) is 4.39. The number of ketones is 1. The maximum absolute atomic E-state index is 11.1. The Morgan fingerprint density at radius 1 is 1.45 bits per heavy atom. The Labute approximate surface area is 73.7 Å². The molecule has 0 bridgehead atoms. The van der Waals surface area contributed by atoms with Gasteiger partial charge < -0.3 is 4.90 Å². The minimum absolute atomic E-state index is 0. The Kier molecular flexibility index (Phi) is 4.19. The van der Waals surface area contributed by atoms with Crippen LogP contribution in [0.1, 0.15) is 19.3 Å². The van der Waals surface area contributed by atoms with E-state index >= 15 is 0 Å². The van der Waals surface area contributed by atoms with E-state index in [2.05, 4.69) is 0 Å². The largest absolute Gasteiger partial charge is 0.375 e. The zero-order chi connectivity index (χ0) is 7.56. The maximum atomic E-state index is 11.1. The monoisotopic (exact) mass is 175 g/mol. The highest BCUT2D eigenvalue weighted by atomic mass is 35.5. The lowest BCUT2D eigenvalue weighted by molar-refractivity contribution is -0.117. The van der Waals surface area contributed by atoms with Gasteiger partial charge in [-0.3, -0.25) is 4.79 Å². The summed E-state index contributed by atoms with van der Waals surface area (Å²) in [6.45, 7) is 0. The van der Waals surface area contributed by atoms with Crippen molar-refractivity contribution >= 4 is 18.2 Å². The topological polar surface area (TPSA) is 20.3 Å². The minimum Gasteiger partial charge on any atom is -0.375 e. The Hall–Kier alpha value is -0.500. The summed E-state index contributed by atoms with van der Waals surface area (Å²) in [7, 11) is 3.82. The molecule has 0 amide bonds. The summed E-state index contributed by atoms with van der Waals surface area (Å²) in [5.41, 5.74) is 0.881. The van der Waals surface area contributed by atoms with Gasteiger partial charge in [0.25, 0.3) is 0 Å². The number of halogens is 1. The van der Waals surface area contributed by atoms with Crippen molar-refractivity contribution in [2.45, 2.75) is 19.3 Å². The molecule has 11 heavy (non-hydrogen) atoms. The highest BCUT2D eigenvalue weighted by Crippen LogP contribution is 2.14. The number of hydrogen-bond donors (Lipinski definition) is 0. The molecule has 1 aliphatic carbocycles. The number of Topliss-reactive ketones (excluding diaryl/α,β-unsaturated/α-hetero) is 1. The van der Waals surface area contributed by atoms with Crippen LogP contribution in [0.15, 0.2) is 11.8 Å². The molecule has 2 nitrogen and oxygen atoms in total. The van der Waals surface area contributed by atoms with Crippen molar-refractivity contribution in [2.75, 3.05) is 14.1 Å². The van der Waals surface area contributed by atoms with Crippen LogP contribution in [0.25, 0.3) is 0 Å². The summed E-state index contributed by atoms with van der Waals surface area (Å²) < 4.78 is 0. The van der Waals surface area contributed by atoms with Crippen LogP contribution in [0.5, 0.6) is 0 Å². The van der Waals surface area contributed by atoms with Crippen LogP contribution in [0.3, 0.4) is 0 Å². The van der Waals surface area contributed by atoms with Crippen molar-refractivity contribution in [3.05, 3.63) is 11.8 Å². The molecule has 0 saturated heterocycles. The van der Waals surface area contributed by atoms with Gasteiger partial charge in [-0.05, 0) is 12.8 Å². The molecule has 0 radical (unpaired) electrons. The van der Waals surface area contributed by atoms with Crippen molar-refractivity contribution in [3.8, 4) is 0 Å². The average molecular weight is 176 g/mol. The zero-order valence-corrected chi connectivity index (χ0v) is 7.78. The number of nitrogens with zero attached hydrogens (tertiary/aromatic N) is 1. The Balaban J connectivity index is 0.000001000. The standard InChI is InChI=1S/C8H13NO.ClH/c1-9(2)7-5-3-4-6-8(7)10;/h5H,3-4,6H2,1-2H3;1H. The molecule has 1 rings (SSSR count). The van der Waals surface area contributed by atoms with Crippen LogP contribution >= 0.6 is 12.4 Å². The van der Waals surface area contributed by atoms with E-state index in [1.807, 2.05) is 25.1 Å². The number of carbonyl (C=O) groups is 1. The molecule has 0 heterocycles. The summed E-state index contributed by atoms with van der Waals surface area (Å²) in [5, 5.41) is 0. The summed E-state index contributed by atoms with van der Waals surface area (Å²) in [5.74, 6) is 0.288. The van der Waals surface area contributed by atoms with Gasteiger partial charge in [-0.2, -0.15) is 0 Å². The lowest BCUT2D eigenvalue weighted by Crippen LogP contribution is -2.21. The summed E-state index contributed by atoms with van der Waals surface area (Å²) in [6.07, 6.45) is 4.82. The van der Waals surface area contributed by atoms with Crippen LogP contribution in [-0.4, -0.2) is 24.8 Å². The van der Waals surface area contributed by atoms with Crippen LogP contribution in [0.2, 0.25) is 0 Å². The summed E-state index contributed by atoms with van der Waals surface area (Å²) >= 11 is 0. The summed E-state index contributed by atoms with van der Waals surface area (Å²) in [4.78, 5) is 13.0. The van der Waals surface area contributed by atoms with Crippen LogP contribution in [0, 0.1) is 0 Å². The van der Waals surface area contributed by atoms with Gasteiger partial charge in [0, 0.05) is 20.5 Å². The second-order valence-corrected chi connectivity index (χ2v) is 2.80. The molecule has 0 N–H and O–H groups in total. The molecular weight excluding hydrogens is 162 g/mol. The van der Waals surface area contributed by atoms with Gasteiger partial charge in [0.05, 0.1) is 5.70 Å². The number of carbonyl (C=O) groups excluding carboxylic acids is 1. The van der Waals surface area contributed by atoms with E-state index < -0.39 is 0 Å². The van der Waals surface area contributed by atoms with Gasteiger partial charge in [0.15, 0.2) is 5.78 Å². The maximum Gasteiger partial charge on any atom is 0.178 e. The normalized spacial score (nSPS) is 16.9. The fourth-order valence-corrected chi connectivity index (χ4v) is 1.18. The third-order valence-electron chi connectivity index (χ3n) is 1.71. The quantitative estimate of drug-likeness (QED) is 0.604. The van der Waals surface area contributed by atoms with Crippen molar-refractivity contribution in [1.29, 1.82) is 0 Å². The predicted molar refractivity (Wildman–Crippen MR) is 47.9 cm³/mol. The van der Waals surface area contributed by atoms with Gasteiger partial charge in [-0.1, -0.05) is 6.08 Å². The third-order valence-corrected chi connectivity index (χ3v) is 1.71. The van der Waals surface area contributed by atoms with Crippen LogP contribution in [0.4, 0.5) is 0 Å². The fraction of sp³-hybridized carbons (Fsp3) is 0.625. The number of hydrogen-bond acceptors (Lipinski definition) is 2. The van der Waals surface area contributed by atoms with E-state index in [4.69, 9.17) is 0 Å². The van der Waals surface area contributed by atoms with E-state index in [-0.39, 0.29) is 18.2 Å². The molecule has 0 aromatic rings. The van der Waals surface area contributed by atoms with Gasteiger partial charge in [0.1, 0.15) is 0 Å². The Bertz CT molecular complexity index is 175. The summed E-state index contributed by atoms with van der Waals surface area (Å²) in [6, 6.07) is 0. The predicted octanol–water partition coefficient (Wildman–Crippen LogP) is 1.61. The molecule has 3 heteroatoms. The van der Waals surface area contributed by atoms with Gasteiger partial charge in [0.2, 0.25) is 0 Å². The molecular formula is C8H14ClNO. The fourth-order valence-electron chi connectivity index (χ4n) is 1.18. The first-order valence-corrected chi connectivity index (χ1v) is 3.62. The lowest BCUT2D eigenvalue weighted by atomic mass is 10.0. The van der Waals surface area contributed by atoms with E-state index in [0.717, 1.165) is 25.0 Å². The number of likely N-dealkylation sites (N-methyl/N-ethyl adjacent to an activating group) is 1. The molecule has 64 valence electrons. The van der Waals surface area contributed by atoms with Crippen molar-refractivity contribution in [3.63, 3.8) is 0 Å². The highest BCUT2D eigenvalue weighted by molar-refractivity contribution is 5.95. The third kappa shape index (κ3) is 2.54. The van der Waals surface area contributed by atoms with Crippen LogP contribution < -0.4 is 0 Å². The SMILES string of the molecule is CN(C)C1=CCCCC1=O.Cl. The van der Waals surface area contributed by atoms with Gasteiger partial charge in [-0.15, -0.1) is 12.4 Å². The van der Waals surface area contributed by atoms with Gasteiger partial charge in [-0.25, -0.2) is 0 Å². The molecule has 0 atom stereocenters. The first kappa shape index (κ1) is 10.5. The molecule has 0 spiro atoms. The molecule has 1 aliphatic rings. The molecule has 0 fully saturated rings. The van der Waals surface area contributed by atoms with Crippen molar-refractivity contribution in [1.82, 2.24) is 4.90 Å². The van der Waals surface area contributed by atoms with Crippen molar-refractivity contribution < 1.29 is 4.79 Å². The van der Waals surface area contributed by atoms with E-state index in [0.29, 0.717) is 0 Å². The first-order valence-electron chi connectivity index (χ1n) is 3.62. The first-order chi connectivity index (χ1) is 4.72. The molecule has 0 saturated carbocycles. The highest BCUT2D eigenvalue weighted by Gasteiger charge is 2.13. The molecule has 0 aromatic heterocycles. The molecule has 0 aromatic carbocycles. The smallest absolute Gasteiger partial charge is 0.178 e. The van der Waals surface area contributed by atoms with E-state index in [1.165, 1.54) is 0 Å². The average Bonchev–Trinajstić information content (AvgIpc) is 1.88. The Morgan fingerprint density at radius 3 is 2.45 bits per heavy atom. The molecule has 0 unspecified atom stereocenters.